The molecule has 1 aliphatic rings. The Labute approximate surface area is 361 Å². The molecule has 0 aromatic carbocycles. The van der Waals surface area contributed by atoms with Gasteiger partial charge < -0.3 is 50.3 Å². The van der Waals surface area contributed by atoms with E-state index in [4.69, 9.17) is 9.47 Å². The zero-order valence-electron chi connectivity index (χ0n) is 38.4. The number of nitrogens with one attached hydrogen (secondary N) is 1. The largest absolute Gasteiger partial charge is 0.394 e. The number of unbranched alkanes of at least 4 members (excludes halogenated alkanes) is 25. The van der Waals surface area contributed by atoms with E-state index in [-0.39, 0.29) is 18.9 Å². The molecule has 1 amide bonds. The van der Waals surface area contributed by atoms with E-state index in [1.807, 2.05) is 0 Å². The molecular weight excluding hydrogens is 749 g/mol. The van der Waals surface area contributed by atoms with Gasteiger partial charge in [-0.3, -0.25) is 4.79 Å². The van der Waals surface area contributed by atoms with Crippen LogP contribution in [0.1, 0.15) is 220 Å². The average Bonchev–Trinajstić information content (AvgIpc) is 3.23. The second-order valence-electron chi connectivity index (χ2n) is 17.8. The molecule has 0 radical (unpaired) electrons. The first-order valence-corrected chi connectivity index (χ1v) is 25.0. The lowest BCUT2D eigenvalue weighted by molar-refractivity contribution is -0.303. The van der Waals surface area contributed by atoms with Crippen LogP contribution >= 0.6 is 0 Å². The molecule has 0 aliphatic carbocycles. The van der Waals surface area contributed by atoms with Gasteiger partial charge in [0.2, 0.25) is 5.91 Å². The lowest BCUT2D eigenvalue weighted by atomic mass is 9.98. The Kier molecular flexibility index (Phi) is 36.9. The third kappa shape index (κ3) is 28.4. The molecule has 11 nitrogen and oxygen atoms in total. The lowest BCUT2D eigenvalue weighted by Gasteiger charge is -2.40. The van der Waals surface area contributed by atoms with Crippen LogP contribution in [0.5, 0.6) is 0 Å². The topological polar surface area (TPSA) is 172 Å². The predicted octanol–water partition coefficient (Wildman–Crippen LogP) is 8.46. The van der Waals surface area contributed by atoms with Gasteiger partial charge in [-0.1, -0.05) is 181 Å². The lowest BCUT2D eigenvalue weighted by Crippen LogP contribution is -2.60. The minimum Gasteiger partial charge on any atom is -0.394 e. The molecule has 352 valence electrons. The minimum atomic E-state index is -1.61. The highest BCUT2D eigenvalue weighted by Gasteiger charge is 2.44. The van der Waals surface area contributed by atoms with Crippen molar-refractivity contribution in [1.29, 1.82) is 0 Å². The van der Waals surface area contributed by atoms with Gasteiger partial charge in [0.25, 0.3) is 0 Å². The Morgan fingerprint density at radius 2 is 0.983 bits per heavy atom. The van der Waals surface area contributed by atoms with Crippen molar-refractivity contribution in [2.24, 2.45) is 0 Å². The van der Waals surface area contributed by atoms with Gasteiger partial charge in [-0.15, -0.1) is 0 Å². The number of amides is 1. The standard InChI is InChI=1S/C48H96N2O9/c1-4-7-10-13-16-17-18-19-20-21-22-23-28-33-41(52)44(54)40(39-58-48-47(57)46(56)45(55)42(38-51)59-48)49-43(53)34-29-24-27-32-37-50(35-30-25-14-11-8-5-2)36-31-26-15-12-9-6-3/h40-42,44-48,51-52,54-57H,4-39H2,1-3H3,(H,49,53)/t40-,41+,42+,44-,45-,46-,47+,48-/m0/s1. The van der Waals surface area contributed by atoms with Crippen LogP contribution in [-0.2, 0) is 14.3 Å². The molecule has 0 bridgehead atoms. The molecule has 1 saturated heterocycles. The second-order valence-corrected chi connectivity index (χ2v) is 17.8. The summed E-state index contributed by atoms with van der Waals surface area (Å²) in [4.78, 5) is 15.8. The quantitative estimate of drug-likeness (QED) is 0.0296. The number of rotatable bonds is 42. The van der Waals surface area contributed by atoms with Crippen molar-refractivity contribution in [3.63, 3.8) is 0 Å². The fourth-order valence-corrected chi connectivity index (χ4v) is 8.26. The summed E-state index contributed by atoms with van der Waals surface area (Å²) in [5.74, 6) is -0.257. The fourth-order valence-electron chi connectivity index (χ4n) is 8.26. The molecule has 0 saturated carbocycles. The Hall–Kier alpha value is -0.890. The zero-order chi connectivity index (χ0) is 43.4. The van der Waals surface area contributed by atoms with Gasteiger partial charge in [0.15, 0.2) is 6.29 Å². The zero-order valence-corrected chi connectivity index (χ0v) is 38.4. The maximum Gasteiger partial charge on any atom is 0.220 e. The molecule has 7 N–H and O–H groups in total. The summed E-state index contributed by atoms with van der Waals surface area (Å²) >= 11 is 0. The van der Waals surface area contributed by atoms with E-state index in [0.717, 1.165) is 51.5 Å². The molecule has 59 heavy (non-hydrogen) atoms. The highest BCUT2D eigenvalue weighted by Crippen LogP contribution is 2.23. The van der Waals surface area contributed by atoms with Crippen molar-refractivity contribution >= 4 is 5.91 Å². The molecule has 8 atom stereocenters. The second kappa shape index (κ2) is 38.8. The summed E-state index contributed by atoms with van der Waals surface area (Å²) in [6.07, 6.45) is 26.1. The molecule has 0 spiro atoms. The molecular formula is C48H96N2O9. The summed E-state index contributed by atoms with van der Waals surface area (Å²) < 4.78 is 11.2. The summed E-state index contributed by atoms with van der Waals surface area (Å²) in [5, 5.41) is 65.6. The normalized spacial score (nSPS) is 21.2. The molecule has 1 fully saturated rings. The maximum atomic E-state index is 13.2. The maximum absolute atomic E-state index is 13.2. The van der Waals surface area contributed by atoms with Crippen molar-refractivity contribution in [1.82, 2.24) is 10.2 Å². The van der Waals surface area contributed by atoms with Gasteiger partial charge in [-0.2, -0.15) is 0 Å². The van der Waals surface area contributed by atoms with Gasteiger partial charge in [0.05, 0.1) is 25.4 Å². The Balaban J connectivity index is 2.58. The van der Waals surface area contributed by atoms with E-state index in [2.05, 4.69) is 31.0 Å². The first kappa shape index (κ1) is 56.1. The molecule has 0 unspecified atom stereocenters. The number of carbonyl (C=O) groups is 1. The number of ether oxygens (including phenoxy) is 2. The number of aliphatic hydroxyl groups is 6. The number of hydrogen-bond donors (Lipinski definition) is 7. The molecule has 11 heteroatoms. The highest BCUT2D eigenvalue weighted by molar-refractivity contribution is 5.76. The first-order valence-electron chi connectivity index (χ1n) is 25.0. The van der Waals surface area contributed by atoms with Crippen molar-refractivity contribution < 1.29 is 44.9 Å². The summed E-state index contributed by atoms with van der Waals surface area (Å²) in [6.45, 7) is 9.30. The number of nitrogens with zero attached hydrogens (tertiary/aromatic N) is 1. The summed E-state index contributed by atoms with van der Waals surface area (Å²) in [6, 6.07) is -0.996. The first-order chi connectivity index (χ1) is 28.7. The molecule has 0 aromatic rings. The summed E-state index contributed by atoms with van der Waals surface area (Å²) in [5.41, 5.74) is 0. The minimum absolute atomic E-state index is 0.257. The van der Waals surface area contributed by atoms with Crippen LogP contribution in [0.15, 0.2) is 0 Å². The third-order valence-electron chi connectivity index (χ3n) is 12.3. The highest BCUT2D eigenvalue weighted by atomic mass is 16.7. The molecule has 0 aromatic heterocycles. The van der Waals surface area contributed by atoms with E-state index in [9.17, 15) is 35.4 Å². The fraction of sp³-hybridized carbons (Fsp3) is 0.979. The van der Waals surface area contributed by atoms with Crippen LogP contribution in [0, 0.1) is 0 Å². The van der Waals surface area contributed by atoms with Crippen LogP contribution in [0.4, 0.5) is 0 Å². The van der Waals surface area contributed by atoms with E-state index >= 15 is 0 Å². The van der Waals surface area contributed by atoms with Crippen LogP contribution in [0.25, 0.3) is 0 Å². The van der Waals surface area contributed by atoms with E-state index < -0.39 is 55.6 Å². The number of carbonyl (C=O) groups excluding carboxylic acids is 1. The van der Waals surface area contributed by atoms with Crippen molar-refractivity contribution in [2.45, 2.75) is 269 Å². The van der Waals surface area contributed by atoms with E-state index in [1.54, 1.807) is 0 Å². The van der Waals surface area contributed by atoms with Gasteiger partial charge in [-0.25, -0.2) is 0 Å². The van der Waals surface area contributed by atoms with Crippen LogP contribution in [0.3, 0.4) is 0 Å². The Morgan fingerprint density at radius 3 is 1.42 bits per heavy atom. The van der Waals surface area contributed by atoms with E-state index in [1.165, 1.54) is 148 Å². The van der Waals surface area contributed by atoms with Crippen molar-refractivity contribution in [3.8, 4) is 0 Å². The Morgan fingerprint density at radius 1 is 0.576 bits per heavy atom. The third-order valence-corrected chi connectivity index (χ3v) is 12.3. The average molecular weight is 845 g/mol. The van der Waals surface area contributed by atoms with Gasteiger partial charge in [-0.05, 0) is 51.7 Å². The van der Waals surface area contributed by atoms with Crippen LogP contribution in [0.2, 0.25) is 0 Å². The monoisotopic (exact) mass is 845 g/mol. The summed E-state index contributed by atoms with van der Waals surface area (Å²) in [7, 11) is 0. The van der Waals surface area contributed by atoms with E-state index in [0.29, 0.717) is 12.8 Å². The van der Waals surface area contributed by atoms with Crippen LogP contribution < -0.4 is 5.32 Å². The number of aliphatic hydroxyl groups excluding tert-OH is 6. The number of hydrogen-bond acceptors (Lipinski definition) is 10. The van der Waals surface area contributed by atoms with Crippen molar-refractivity contribution in [3.05, 3.63) is 0 Å². The molecule has 1 aliphatic heterocycles. The van der Waals surface area contributed by atoms with Crippen molar-refractivity contribution in [2.75, 3.05) is 32.8 Å². The van der Waals surface area contributed by atoms with Gasteiger partial charge in [0.1, 0.15) is 30.5 Å². The smallest absolute Gasteiger partial charge is 0.220 e. The SMILES string of the molecule is CCCCCCCCCCCCCCC[C@@H](O)[C@@H](O)[C@H](CO[C@H]1O[C@H](CO)[C@H](O)[C@H](O)[C@H]1O)NC(=O)CCCCCCN(CCCCCCCC)CCCCCCCC. The molecule has 1 rings (SSSR count). The van der Waals surface area contributed by atoms with Gasteiger partial charge >= 0.3 is 0 Å². The molecule has 1 heterocycles. The Bertz CT molecular complexity index is 915. The van der Waals surface area contributed by atoms with Gasteiger partial charge in [0, 0.05) is 6.42 Å². The predicted molar refractivity (Wildman–Crippen MR) is 240 cm³/mol. The van der Waals surface area contributed by atoms with Crippen LogP contribution in [-0.4, -0.2) is 123 Å².